The summed E-state index contributed by atoms with van der Waals surface area (Å²) in [5.41, 5.74) is -0.486. The van der Waals surface area contributed by atoms with Gasteiger partial charge in [0.05, 0.1) is 22.0 Å². The number of rotatable bonds is 5. The number of anilines is 1. The molecule has 0 aliphatic rings. The molecule has 21 heavy (non-hydrogen) atoms. The number of nitro benzene ring substituents is 1. The number of nitrogens with one attached hydrogen (secondary N) is 1. The average molecular weight is 290 g/mol. The predicted octanol–water partition coefficient (Wildman–Crippen LogP) is 2.73. The molecule has 0 radical (unpaired) electrons. The summed E-state index contributed by atoms with van der Waals surface area (Å²) in [7, 11) is 1.54. The smallest absolute Gasteiger partial charge is 0.311 e. The second kappa shape index (κ2) is 5.82. The van der Waals surface area contributed by atoms with Gasteiger partial charge in [-0.15, -0.1) is 0 Å². The topological polar surface area (TPSA) is 120 Å². The fourth-order valence-electron chi connectivity index (χ4n) is 1.58. The van der Waals surface area contributed by atoms with Gasteiger partial charge in [0.1, 0.15) is 5.82 Å². The Bertz CT molecular complexity index is 704. The largest absolute Gasteiger partial charge is 0.431 e. The van der Waals surface area contributed by atoms with Gasteiger partial charge in [0.25, 0.3) is 5.69 Å². The number of pyridine rings is 1. The third-order valence-electron chi connectivity index (χ3n) is 2.53. The summed E-state index contributed by atoms with van der Waals surface area (Å²) < 4.78 is 5.31. The van der Waals surface area contributed by atoms with Crippen molar-refractivity contribution in [2.75, 3.05) is 12.4 Å². The first kappa shape index (κ1) is 14.2. The van der Waals surface area contributed by atoms with Crippen LogP contribution in [0, 0.1) is 20.2 Å². The number of nitro groups is 2. The Morgan fingerprint density at radius 1 is 1.14 bits per heavy atom. The summed E-state index contributed by atoms with van der Waals surface area (Å²) >= 11 is 0. The number of aromatic nitrogens is 1. The minimum atomic E-state index is -0.605. The minimum absolute atomic E-state index is 0.0439. The second-order valence-corrected chi connectivity index (χ2v) is 3.88. The van der Waals surface area contributed by atoms with Gasteiger partial charge >= 0.3 is 5.69 Å². The minimum Gasteiger partial charge on any atom is -0.431 e. The van der Waals surface area contributed by atoms with Gasteiger partial charge in [0.15, 0.2) is 0 Å². The number of benzene rings is 1. The first-order valence-electron chi connectivity index (χ1n) is 5.77. The van der Waals surface area contributed by atoms with E-state index in [9.17, 15) is 20.2 Å². The van der Waals surface area contributed by atoms with E-state index in [2.05, 4.69) is 10.3 Å². The number of ether oxygens (including phenoxy) is 1. The van der Waals surface area contributed by atoms with Crippen molar-refractivity contribution in [3.8, 4) is 11.6 Å². The molecule has 0 fully saturated rings. The van der Waals surface area contributed by atoms with Crippen LogP contribution in [-0.4, -0.2) is 21.9 Å². The third-order valence-corrected chi connectivity index (χ3v) is 2.53. The van der Waals surface area contributed by atoms with Crippen LogP contribution in [0.2, 0.25) is 0 Å². The zero-order valence-corrected chi connectivity index (χ0v) is 10.8. The average Bonchev–Trinajstić information content (AvgIpc) is 2.47. The summed E-state index contributed by atoms with van der Waals surface area (Å²) in [4.78, 5) is 24.5. The maximum absolute atomic E-state index is 10.9. The first-order chi connectivity index (χ1) is 10.0. The molecule has 108 valence electrons. The Labute approximate surface area is 118 Å². The fraction of sp³-hybridized carbons (Fsp3) is 0.0833. The van der Waals surface area contributed by atoms with Crippen molar-refractivity contribution >= 4 is 17.2 Å². The van der Waals surface area contributed by atoms with E-state index in [0.717, 1.165) is 6.07 Å². The normalized spacial score (nSPS) is 9.95. The quantitative estimate of drug-likeness (QED) is 0.663. The van der Waals surface area contributed by atoms with Gasteiger partial charge in [0, 0.05) is 13.1 Å². The van der Waals surface area contributed by atoms with Crippen LogP contribution in [0.5, 0.6) is 11.6 Å². The van der Waals surface area contributed by atoms with Crippen molar-refractivity contribution in [1.82, 2.24) is 4.98 Å². The van der Waals surface area contributed by atoms with Crippen molar-refractivity contribution in [3.05, 3.63) is 56.6 Å². The lowest BCUT2D eigenvalue weighted by molar-refractivity contribution is -0.386. The predicted molar refractivity (Wildman–Crippen MR) is 73.6 cm³/mol. The zero-order chi connectivity index (χ0) is 15.4. The second-order valence-electron chi connectivity index (χ2n) is 3.88. The van der Waals surface area contributed by atoms with Gasteiger partial charge in [-0.05, 0) is 6.07 Å². The SMILES string of the molecule is CNc1cc([N+](=O)[O-])cc(Oc2ccccc2[N+](=O)[O-])n1. The molecule has 0 spiro atoms. The van der Waals surface area contributed by atoms with Gasteiger partial charge in [-0.3, -0.25) is 20.2 Å². The van der Waals surface area contributed by atoms with Gasteiger partial charge in [-0.1, -0.05) is 12.1 Å². The summed E-state index contributed by atoms with van der Waals surface area (Å²) in [5.74, 6) is 0.0678. The molecule has 2 aromatic rings. The molecule has 0 aliphatic carbocycles. The molecule has 0 saturated carbocycles. The van der Waals surface area contributed by atoms with Crippen LogP contribution < -0.4 is 10.1 Å². The highest BCUT2D eigenvalue weighted by molar-refractivity contribution is 5.51. The lowest BCUT2D eigenvalue weighted by Crippen LogP contribution is -1.99. The molecular formula is C12H10N4O5. The highest BCUT2D eigenvalue weighted by Crippen LogP contribution is 2.32. The van der Waals surface area contributed by atoms with E-state index in [4.69, 9.17) is 4.74 Å². The highest BCUT2D eigenvalue weighted by Gasteiger charge is 2.17. The first-order valence-corrected chi connectivity index (χ1v) is 5.77. The van der Waals surface area contributed by atoms with Crippen molar-refractivity contribution in [2.45, 2.75) is 0 Å². The van der Waals surface area contributed by atoms with Crippen LogP contribution in [0.4, 0.5) is 17.2 Å². The Morgan fingerprint density at radius 3 is 2.48 bits per heavy atom. The van der Waals surface area contributed by atoms with Gasteiger partial charge in [-0.25, -0.2) is 0 Å². The monoisotopic (exact) mass is 290 g/mol. The van der Waals surface area contributed by atoms with Crippen molar-refractivity contribution < 1.29 is 14.6 Å². The fourth-order valence-corrected chi connectivity index (χ4v) is 1.58. The Balaban J connectivity index is 2.42. The molecule has 0 atom stereocenters. The molecule has 0 aliphatic heterocycles. The summed E-state index contributed by atoms with van der Waals surface area (Å²) in [6.07, 6.45) is 0. The van der Waals surface area contributed by atoms with Crippen LogP contribution >= 0.6 is 0 Å². The van der Waals surface area contributed by atoms with Gasteiger partial charge in [0.2, 0.25) is 11.6 Å². The molecule has 1 aromatic heterocycles. The van der Waals surface area contributed by atoms with Gasteiger partial charge in [-0.2, -0.15) is 4.98 Å². The van der Waals surface area contributed by atoms with E-state index in [0.29, 0.717) is 0 Å². The van der Waals surface area contributed by atoms with Gasteiger partial charge < -0.3 is 10.1 Å². The van der Waals surface area contributed by atoms with E-state index in [1.165, 1.54) is 24.3 Å². The van der Waals surface area contributed by atoms with Crippen molar-refractivity contribution in [2.24, 2.45) is 0 Å². The summed E-state index contributed by atoms with van der Waals surface area (Å²) in [6.45, 7) is 0. The molecular weight excluding hydrogens is 280 g/mol. The highest BCUT2D eigenvalue weighted by atomic mass is 16.6. The van der Waals surface area contributed by atoms with Crippen LogP contribution in [-0.2, 0) is 0 Å². The third kappa shape index (κ3) is 3.21. The van der Waals surface area contributed by atoms with Crippen LogP contribution in [0.1, 0.15) is 0 Å². The molecule has 9 heteroatoms. The summed E-state index contributed by atoms with van der Waals surface area (Å²) in [5, 5.41) is 24.4. The van der Waals surface area contributed by atoms with Crippen LogP contribution in [0.15, 0.2) is 36.4 Å². The van der Waals surface area contributed by atoms with E-state index in [1.807, 2.05) is 0 Å². The molecule has 1 N–H and O–H groups in total. The standard InChI is InChI=1S/C12H10N4O5/c1-13-11-6-8(15(17)18)7-12(14-11)21-10-5-3-2-4-9(10)16(19)20/h2-7H,1H3,(H,13,14). The molecule has 1 heterocycles. The molecule has 0 saturated heterocycles. The van der Waals surface area contributed by atoms with Crippen molar-refractivity contribution in [1.29, 1.82) is 0 Å². The molecule has 1 aromatic carbocycles. The number of nitrogens with zero attached hydrogens (tertiary/aromatic N) is 3. The van der Waals surface area contributed by atoms with E-state index in [1.54, 1.807) is 13.1 Å². The molecule has 0 amide bonds. The van der Waals surface area contributed by atoms with Crippen LogP contribution in [0.3, 0.4) is 0 Å². The van der Waals surface area contributed by atoms with Crippen molar-refractivity contribution in [3.63, 3.8) is 0 Å². The molecule has 0 unspecified atom stereocenters. The Kier molecular flexibility index (Phi) is 3.93. The van der Waals surface area contributed by atoms with E-state index >= 15 is 0 Å². The molecule has 2 rings (SSSR count). The summed E-state index contributed by atoms with van der Waals surface area (Å²) in [6, 6.07) is 8.02. The van der Waals surface area contributed by atoms with E-state index in [-0.39, 0.29) is 28.8 Å². The Hall–Kier alpha value is -3.23. The lowest BCUT2D eigenvalue weighted by atomic mass is 10.3. The Morgan fingerprint density at radius 2 is 1.86 bits per heavy atom. The lowest BCUT2D eigenvalue weighted by Gasteiger charge is -2.07. The van der Waals surface area contributed by atoms with E-state index < -0.39 is 9.85 Å². The maximum Gasteiger partial charge on any atom is 0.311 e. The maximum atomic E-state index is 10.9. The zero-order valence-electron chi connectivity index (χ0n) is 10.8. The van der Waals surface area contributed by atoms with Crippen LogP contribution in [0.25, 0.3) is 0 Å². The molecule has 0 bridgehead atoms. The number of hydrogen-bond donors (Lipinski definition) is 1. The number of para-hydroxylation sites is 2. The molecule has 9 nitrogen and oxygen atoms in total. The number of hydrogen-bond acceptors (Lipinski definition) is 7.